The molecule has 0 radical (unpaired) electrons. The summed E-state index contributed by atoms with van der Waals surface area (Å²) in [7, 11) is 0. The number of aromatic hydroxyl groups is 1. The number of phenolic OH excluding ortho intramolecular Hbond substituents is 1. The van der Waals surface area contributed by atoms with E-state index in [9.17, 15) is 24.9 Å². The van der Waals surface area contributed by atoms with Crippen LogP contribution in [0.25, 0.3) is 38.1 Å². The van der Waals surface area contributed by atoms with Crippen LogP contribution in [0.15, 0.2) is 15.7 Å². The average molecular weight is 529 g/mol. The summed E-state index contributed by atoms with van der Waals surface area (Å²) in [5.74, 6) is -2.11. The number of aliphatic hydroxyl groups is 2. The molecular weight excluding hydrogens is 504 g/mol. The normalized spacial score (nSPS) is 33.5. The lowest BCUT2D eigenvalue weighted by Crippen LogP contribution is -2.48. The van der Waals surface area contributed by atoms with Gasteiger partial charge in [0.25, 0.3) is 0 Å². The van der Waals surface area contributed by atoms with Gasteiger partial charge in [0.1, 0.15) is 23.4 Å². The number of ether oxygens (including phenoxy) is 4. The van der Waals surface area contributed by atoms with Crippen LogP contribution in [0.3, 0.4) is 0 Å². The number of phenols is 1. The van der Waals surface area contributed by atoms with Crippen LogP contribution in [0.2, 0.25) is 0 Å². The number of aliphatic hydroxyl groups excluding tert-OH is 1. The van der Waals surface area contributed by atoms with Gasteiger partial charge in [0.2, 0.25) is 5.79 Å². The van der Waals surface area contributed by atoms with Gasteiger partial charge in [-0.25, -0.2) is 0 Å². The molecule has 0 fully saturated rings. The van der Waals surface area contributed by atoms with Crippen molar-refractivity contribution in [2.24, 2.45) is 0 Å². The smallest absolute Gasteiger partial charge is 0.201 e. The Hall–Kier alpha value is -3.50. The standard InChI is InChI=1S/C30H24O9/c1-7-14-23-20-18-13(38-28(23)9(3)36-7)5-11(31)16-19(18)22-24-15(26(16)33)8(2)37-10(4)29(24)39-30(35)6-12(32)17(27(14)34)21(20)25(22)30/h5,7-10,28-29,32-33,35H,6H2,1-4H3/t7-,8-,9-,10-,28-,29+,30+/m0/s1. The number of rotatable bonds is 0. The van der Waals surface area contributed by atoms with E-state index >= 15 is 0 Å². The van der Waals surface area contributed by atoms with E-state index in [1.165, 1.54) is 6.07 Å². The van der Waals surface area contributed by atoms with Gasteiger partial charge < -0.3 is 34.3 Å². The van der Waals surface area contributed by atoms with Gasteiger partial charge in [-0.15, -0.1) is 0 Å². The topological polar surface area (TPSA) is 132 Å². The van der Waals surface area contributed by atoms with Crippen molar-refractivity contribution in [3.63, 3.8) is 0 Å². The van der Waals surface area contributed by atoms with Gasteiger partial charge in [0, 0.05) is 55.4 Å². The van der Waals surface area contributed by atoms with E-state index in [0.29, 0.717) is 60.5 Å². The maximum atomic E-state index is 14.1. The molecule has 9 heteroatoms. The van der Waals surface area contributed by atoms with E-state index in [1.54, 1.807) is 13.8 Å². The van der Waals surface area contributed by atoms with Crippen molar-refractivity contribution < 1.29 is 34.3 Å². The highest BCUT2D eigenvalue weighted by atomic mass is 16.6. The van der Waals surface area contributed by atoms with Crippen molar-refractivity contribution in [2.75, 3.05) is 0 Å². The number of hydrogen-bond acceptors (Lipinski definition) is 9. The lowest BCUT2D eigenvalue weighted by Gasteiger charge is -2.48. The van der Waals surface area contributed by atoms with E-state index in [4.69, 9.17) is 18.9 Å². The minimum atomic E-state index is -1.99. The highest BCUT2D eigenvalue weighted by molar-refractivity contribution is 6.29. The second-order valence-corrected chi connectivity index (χ2v) is 11.7. The molecule has 0 saturated heterocycles. The second-order valence-electron chi connectivity index (χ2n) is 11.7. The van der Waals surface area contributed by atoms with Crippen LogP contribution < -0.4 is 20.8 Å². The van der Waals surface area contributed by atoms with Crippen molar-refractivity contribution in [3.05, 3.63) is 59.5 Å². The molecule has 1 aliphatic carbocycles. The fourth-order valence-corrected chi connectivity index (χ4v) is 8.28. The molecule has 9 nitrogen and oxygen atoms in total. The van der Waals surface area contributed by atoms with Gasteiger partial charge in [0.05, 0.1) is 41.4 Å². The first kappa shape index (κ1) is 22.3. The molecule has 3 N–H and O–H groups in total. The van der Waals surface area contributed by atoms with Crippen LogP contribution in [-0.4, -0.2) is 27.5 Å². The molecule has 0 amide bonds. The molecule has 4 aromatic carbocycles. The zero-order valence-electron chi connectivity index (χ0n) is 21.5. The van der Waals surface area contributed by atoms with E-state index in [2.05, 4.69) is 0 Å². The second kappa shape index (κ2) is 6.45. The summed E-state index contributed by atoms with van der Waals surface area (Å²) in [6.45, 7) is 7.27. The molecule has 0 aromatic heterocycles. The van der Waals surface area contributed by atoms with Crippen LogP contribution in [-0.2, 0) is 20.0 Å². The van der Waals surface area contributed by atoms with Gasteiger partial charge in [-0.1, -0.05) is 0 Å². The molecule has 0 spiro atoms. The lowest BCUT2D eigenvalue weighted by atomic mass is 9.71. The maximum absolute atomic E-state index is 14.1. The fraction of sp³-hybridized carbons (Fsp3) is 0.400. The third kappa shape index (κ3) is 2.21. The molecule has 5 aliphatic rings. The third-order valence-electron chi connectivity index (χ3n) is 9.57. The summed E-state index contributed by atoms with van der Waals surface area (Å²) in [5, 5.41) is 38.0. The summed E-state index contributed by atoms with van der Waals surface area (Å²) in [5.41, 5.74) is 1.65. The molecular formula is C30H24O9. The van der Waals surface area contributed by atoms with E-state index in [1.807, 2.05) is 13.8 Å². The summed E-state index contributed by atoms with van der Waals surface area (Å²) in [6.07, 6.45) is -3.86. The zero-order chi connectivity index (χ0) is 27.0. The summed E-state index contributed by atoms with van der Waals surface area (Å²) in [6, 6.07) is 1.37. The van der Waals surface area contributed by atoms with Gasteiger partial charge in [-0.3, -0.25) is 9.59 Å². The van der Waals surface area contributed by atoms with Crippen LogP contribution >= 0.6 is 0 Å². The van der Waals surface area contributed by atoms with Crippen molar-refractivity contribution in [2.45, 2.75) is 76.5 Å². The Morgan fingerprint density at radius 3 is 2.21 bits per heavy atom. The summed E-state index contributed by atoms with van der Waals surface area (Å²) >= 11 is 0. The van der Waals surface area contributed by atoms with E-state index in [-0.39, 0.29) is 34.0 Å². The minimum absolute atomic E-state index is 0.113. The number of hydrogen-bond donors (Lipinski definition) is 3. The predicted molar refractivity (Wildman–Crippen MR) is 139 cm³/mol. The Bertz CT molecular complexity index is 2070. The van der Waals surface area contributed by atoms with Crippen molar-refractivity contribution in [1.29, 1.82) is 0 Å². The van der Waals surface area contributed by atoms with Gasteiger partial charge in [-0.2, -0.15) is 0 Å². The van der Waals surface area contributed by atoms with Gasteiger partial charge in [0.15, 0.2) is 17.0 Å². The highest BCUT2D eigenvalue weighted by Crippen LogP contribution is 2.61. The van der Waals surface area contributed by atoms with Crippen molar-refractivity contribution in [1.82, 2.24) is 0 Å². The van der Waals surface area contributed by atoms with Gasteiger partial charge >= 0.3 is 0 Å². The molecule has 4 heterocycles. The predicted octanol–water partition coefficient (Wildman–Crippen LogP) is 3.41. The summed E-state index contributed by atoms with van der Waals surface area (Å²) in [4.78, 5) is 27.8. The Labute approximate surface area is 220 Å². The number of benzene rings is 4. The van der Waals surface area contributed by atoms with Gasteiger partial charge in [-0.05, 0) is 33.1 Å². The summed E-state index contributed by atoms with van der Waals surface area (Å²) < 4.78 is 25.0. The first-order chi connectivity index (χ1) is 18.5. The van der Waals surface area contributed by atoms with Crippen molar-refractivity contribution in [3.8, 4) is 11.5 Å². The molecule has 0 bridgehead atoms. The Morgan fingerprint density at radius 1 is 0.795 bits per heavy atom. The largest absolute Gasteiger partial charge is 0.511 e. The monoisotopic (exact) mass is 528 g/mol. The highest BCUT2D eigenvalue weighted by Gasteiger charge is 2.53. The SMILES string of the molecule is C[C@@H]1O[C@@H](C)[C@H]2O[C@]3(O)CC(O)=c4c(=O)c5c6c7c4c3c3c2c1c(O)c1c(=O)cc(c7c31)O[C@H]6[C@H](C)O[C@H]5C. The average Bonchev–Trinajstić information content (AvgIpc) is 2.85. The van der Waals surface area contributed by atoms with Crippen LogP contribution in [0.5, 0.6) is 11.5 Å². The first-order valence-corrected chi connectivity index (χ1v) is 13.3. The minimum Gasteiger partial charge on any atom is -0.511 e. The van der Waals surface area contributed by atoms with Crippen molar-refractivity contribution >= 4 is 38.1 Å². The van der Waals surface area contributed by atoms with E-state index < -0.39 is 47.8 Å². The van der Waals surface area contributed by atoms with E-state index in [0.717, 1.165) is 0 Å². The fourth-order valence-electron chi connectivity index (χ4n) is 8.28. The Morgan fingerprint density at radius 2 is 1.46 bits per heavy atom. The molecule has 39 heavy (non-hydrogen) atoms. The van der Waals surface area contributed by atoms with Crippen LogP contribution in [0, 0.1) is 0 Å². The molecule has 4 aliphatic heterocycles. The molecule has 4 aromatic rings. The third-order valence-corrected chi connectivity index (χ3v) is 9.57. The van der Waals surface area contributed by atoms with Crippen LogP contribution in [0.4, 0.5) is 0 Å². The quantitative estimate of drug-likeness (QED) is 0.232. The zero-order valence-corrected chi connectivity index (χ0v) is 21.5. The molecule has 0 unspecified atom stereocenters. The maximum Gasteiger partial charge on any atom is 0.201 e. The Kier molecular flexibility index (Phi) is 3.69. The molecule has 9 rings (SSSR count). The lowest BCUT2D eigenvalue weighted by molar-refractivity contribution is -0.270. The molecule has 7 atom stereocenters. The van der Waals surface area contributed by atoms with Crippen LogP contribution in [0.1, 0.15) is 86.3 Å². The first-order valence-electron chi connectivity index (χ1n) is 13.3. The molecule has 198 valence electrons. The molecule has 0 saturated carbocycles. The Balaban J connectivity index is 1.71.